The molecular formula is C14H32N4O2S. The highest BCUT2D eigenvalue weighted by Crippen LogP contribution is 2.18. The van der Waals surface area contributed by atoms with Crippen molar-refractivity contribution in [3.8, 4) is 0 Å². The molecule has 0 spiro atoms. The van der Waals surface area contributed by atoms with Crippen LogP contribution in [0.2, 0.25) is 0 Å². The molecule has 0 aromatic rings. The molecule has 1 aliphatic rings. The van der Waals surface area contributed by atoms with Crippen molar-refractivity contribution >= 4 is 10.2 Å². The van der Waals surface area contributed by atoms with E-state index in [1.165, 1.54) is 0 Å². The highest BCUT2D eigenvalue weighted by atomic mass is 32.2. The molecular weight excluding hydrogens is 288 g/mol. The summed E-state index contributed by atoms with van der Waals surface area (Å²) in [6.45, 7) is 10.6. The maximum absolute atomic E-state index is 12.4. The van der Waals surface area contributed by atoms with Gasteiger partial charge >= 0.3 is 0 Å². The minimum Gasteiger partial charge on any atom is -0.329 e. The summed E-state index contributed by atoms with van der Waals surface area (Å²) in [6, 6.07) is 0.755. The van der Waals surface area contributed by atoms with E-state index >= 15 is 0 Å². The van der Waals surface area contributed by atoms with Gasteiger partial charge in [0.05, 0.1) is 0 Å². The predicted octanol–water partition coefficient (Wildman–Crippen LogP) is 0.753. The molecule has 0 saturated carbocycles. The van der Waals surface area contributed by atoms with E-state index in [2.05, 4.69) is 37.3 Å². The molecule has 126 valence electrons. The molecule has 1 atom stereocenters. The summed E-state index contributed by atoms with van der Waals surface area (Å²) in [5.41, 5.74) is 5.70. The van der Waals surface area contributed by atoms with Gasteiger partial charge in [0.2, 0.25) is 0 Å². The van der Waals surface area contributed by atoms with E-state index < -0.39 is 10.2 Å². The molecule has 3 N–H and O–H groups in total. The summed E-state index contributed by atoms with van der Waals surface area (Å²) in [7, 11) is -3.42. The van der Waals surface area contributed by atoms with Crippen LogP contribution in [-0.2, 0) is 10.2 Å². The lowest BCUT2D eigenvalue weighted by Gasteiger charge is -2.34. The van der Waals surface area contributed by atoms with Crippen LogP contribution in [0.1, 0.15) is 47.0 Å². The van der Waals surface area contributed by atoms with Crippen LogP contribution < -0.4 is 10.5 Å². The highest BCUT2D eigenvalue weighted by Gasteiger charge is 2.31. The number of nitrogens with zero attached hydrogens (tertiary/aromatic N) is 2. The lowest BCUT2D eigenvalue weighted by molar-refractivity contribution is 0.178. The zero-order valence-corrected chi connectivity index (χ0v) is 14.7. The summed E-state index contributed by atoms with van der Waals surface area (Å²) < 4.78 is 29.1. The number of nitrogens with one attached hydrogen (secondary N) is 1. The van der Waals surface area contributed by atoms with Crippen LogP contribution in [0.15, 0.2) is 0 Å². The second-order valence-corrected chi connectivity index (χ2v) is 8.03. The third-order valence-electron chi connectivity index (χ3n) is 4.13. The molecule has 0 bridgehead atoms. The first-order valence-corrected chi connectivity index (χ1v) is 9.45. The second-order valence-electron chi connectivity index (χ2n) is 6.32. The van der Waals surface area contributed by atoms with Gasteiger partial charge in [-0.25, -0.2) is 4.72 Å². The molecule has 0 amide bonds. The summed E-state index contributed by atoms with van der Waals surface area (Å²) in [4.78, 5) is 2.28. The van der Waals surface area contributed by atoms with Gasteiger partial charge in [0.25, 0.3) is 10.2 Å². The van der Waals surface area contributed by atoms with Crippen molar-refractivity contribution in [1.82, 2.24) is 13.9 Å². The standard InChI is InChI=1S/C14H32N4O2S/c1-12(2)17(13(3)4)10-8-16-21(19,20)18-9-6-5-7-14(18)11-15/h12-14,16H,5-11,15H2,1-4H3. The molecule has 1 unspecified atom stereocenters. The first-order chi connectivity index (χ1) is 9.79. The molecule has 6 nitrogen and oxygen atoms in total. The molecule has 1 rings (SSSR count). The van der Waals surface area contributed by atoms with E-state index in [0.717, 1.165) is 25.8 Å². The molecule has 0 aromatic carbocycles. The van der Waals surface area contributed by atoms with Crippen LogP contribution in [0.4, 0.5) is 0 Å². The molecule has 0 radical (unpaired) electrons. The number of nitrogens with two attached hydrogens (primary N) is 1. The van der Waals surface area contributed by atoms with Gasteiger partial charge in [0.15, 0.2) is 0 Å². The van der Waals surface area contributed by atoms with Gasteiger partial charge < -0.3 is 5.73 Å². The zero-order valence-electron chi connectivity index (χ0n) is 13.9. The van der Waals surface area contributed by atoms with Crippen LogP contribution in [0.5, 0.6) is 0 Å². The highest BCUT2D eigenvalue weighted by molar-refractivity contribution is 7.87. The Labute approximate surface area is 130 Å². The fourth-order valence-electron chi connectivity index (χ4n) is 3.03. The molecule has 0 aliphatic carbocycles. The lowest BCUT2D eigenvalue weighted by atomic mass is 10.1. The van der Waals surface area contributed by atoms with E-state index in [-0.39, 0.29) is 6.04 Å². The van der Waals surface area contributed by atoms with Crippen LogP contribution in [0.3, 0.4) is 0 Å². The zero-order chi connectivity index (χ0) is 16.0. The molecule has 1 fully saturated rings. The summed E-state index contributed by atoms with van der Waals surface area (Å²) >= 11 is 0. The Kier molecular flexibility index (Phi) is 7.56. The number of hydrogen-bond acceptors (Lipinski definition) is 4. The van der Waals surface area contributed by atoms with Gasteiger partial charge in [0.1, 0.15) is 0 Å². The number of piperidine rings is 1. The minimum atomic E-state index is -3.42. The van der Waals surface area contributed by atoms with Gasteiger partial charge in [-0.3, -0.25) is 4.90 Å². The molecule has 1 saturated heterocycles. The quantitative estimate of drug-likeness (QED) is 0.692. The van der Waals surface area contributed by atoms with Gasteiger partial charge in [-0.1, -0.05) is 6.42 Å². The third kappa shape index (κ3) is 5.49. The first-order valence-electron chi connectivity index (χ1n) is 8.01. The van der Waals surface area contributed by atoms with Crippen molar-refractivity contribution in [2.24, 2.45) is 5.73 Å². The van der Waals surface area contributed by atoms with Crippen LogP contribution in [0.25, 0.3) is 0 Å². The smallest absolute Gasteiger partial charge is 0.279 e. The largest absolute Gasteiger partial charge is 0.329 e. The summed E-state index contributed by atoms with van der Waals surface area (Å²) in [5.74, 6) is 0. The van der Waals surface area contributed by atoms with Crippen molar-refractivity contribution < 1.29 is 8.42 Å². The molecule has 7 heteroatoms. The first kappa shape index (κ1) is 18.8. The van der Waals surface area contributed by atoms with Crippen LogP contribution in [0, 0.1) is 0 Å². The Morgan fingerprint density at radius 1 is 1.24 bits per heavy atom. The molecule has 21 heavy (non-hydrogen) atoms. The second kappa shape index (κ2) is 8.43. The Balaban J connectivity index is 2.56. The van der Waals surface area contributed by atoms with E-state index in [4.69, 9.17) is 5.73 Å². The van der Waals surface area contributed by atoms with Crippen molar-refractivity contribution in [2.75, 3.05) is 26.2 Å². The Bertz CT molecular complexity index is 390. The van der Waals surface area contributed by atoms with Crippen molar-refractivity contribution in [1.29, 1.82) is 0 Å². The summed E-state index contributed by atoms with van der Waals surface area (Å²) in [5, 5.41) is 0. The minimum absolute atomic E-state index is 0.0532. The van der Waals surface area contributed by atoms with Gasteiger partial charge in [-0.2, -0.15) is 12.7 Å². The maximum atomic E-state index is 12.4. The fourth-order valence-corrected chi connectivity index (χ4v) is 4.49. The van der Waals surface area contributed by atoms with Crippen molar-refractivity contribution in [3.63, 3.8) is 0 Å². The fraction of sp³-hybridized carbons (Fsp3) is 1.00. The molecule has 1 aliphatic heterocycles. The van der Waals surface area contributed by atoms with E-state index in [0.29, 0.717) is 31.7 Å². The third-order valence-corrected chi connectivity index (χ3v) is 5.80. The topological polar surface area (TPSA) is 78.7 Å². The number of hydrogen-bond donors (Lipinski definition) is 2. The van der Waals surface area contributed by atoms with Gasteiger partial charge in [-0.05, 0) is 40.5 Å². The average molecular weight is 321 g/mol. The summed E-state index contributed by atoms with van der Waals surface area (Å²) in [6.07, 6.45) is 2.84. The monoisotopic (exact) mass is 320 g/mol. The van der Waals surface area contributed by atoms with Gasteiger partial charge in [0, 0.05) is 44.3 Å². The Morgan fingerprint density at radius 2 is 1.86 bits per heavy atom. The Hall–Kier alpha value is -0.210. The predicted molar refractivity (Wildman–Crippen MR) is 87.3 cm³/mol. The lowest BCUT2D eigenvalue weighted by Crippen LogP contribution is -2.53. The normalized spacial score (nSPS) is 21.6. The van der Waals surface area contributed by atoms with E-state index in [9.17, 15) is 8.42 Å². The Morgan fingerprint density at radius 3 is 2.38 bits per heavy atom. The molecule has 0 aromatic heterocycles. The van der Waals surface area contributed by atoms with Crippen molar-refractivity contribution in [2.45, 2.75) is 65.1 Å². The average Bonchev–Trinajstić information content (AvgIpc) is 2.42. The number of rotatable bonds is 8. The van der Waals surface area contributed by atoms with Crippen LogP contribution in [-0.4, -0.2) is 61.9 Å². The SMILES string of the molecule is CC(C)N(CCNS(=O)(=O)N1CCCCC1CN)C(C)C. The van der Waals surface area contributed by atoms with Gasteiger partial charge in [-0.15, -0.1) is 0 Å². The van der Waals surface area contributed by atoms with Crippen LogP contribution >= 0.6 is 0 Å². The van der Waals surface area contributed by atoms with Crippen molar-refractivity contribution in [3.05, 3.63) is 0 Å². The van der Waals surface area contributed by atoms with E-state index in [1.807, 2.05) is 0 Å². The van der Waals surface area contributed by atoms with E-state index in [1.54, 1.807) is 4.31 Å². The molecule has 1 heterocycles. The maximum Gasteiger partial charge on any atom is 0.279 e.